The minimum atomic E-state index is -3.30. The zero-order chi connectivity index (χ0) is 26.2. The summed E-state index contributed by atoms with van der Waals surface area (Å²) < 4.78 is 52.5. The molecule has 2 aliphatic rings. The number of hydrogen-bond acceptors (Lipinski definition) is 4. The first-order chi connectivity index (χ1) is 16.9. The molecule has 0 aliphatic carbocycles. The standard InChI is InChI=1S/C24H28Cl2F2N4O3S/c1-29(13-16-9-18(27)12-19(28)10-16)23-15-31(14-20(23)17-3-4-21(25)22(26)11-17)24(33)30-5-7-32(8-6-30)36(2,34)35/h3-4,9-12,20,23H,5-8,13-15H2,1-2H3. The number of sulfonamides is 1. The van der Waals surface area contributed by atoms with Crippen LogP contribution in [-0.2, 0) is 16.6 Å². The molecule has 0 bridgehead atoms. The molecule has 2 heterocycles. The number of amides is 2. The van der Waals surface area contributed by atoms with E-state index in [1.807, 2.05) is 18.0 Å². The third kappa shape index (κ3) is 6.11. The van der Waals surface area contributed by atoms with Gasteiger partial charge in [-0.05, 0) is 42.4 Å². The van der Waals surface area contributed by atoms with Crippen LogP contribution in [-0.4, -0.2) is 92.1 Å². The number of carbonyl (C=O) groups excluding carboxylic acids is 1. The van der Waals surface area contributed by atoms with Crippen molar-refractivity contribution in [1.29, 1.82) is 0 Å². The van der Waals surface area contributed by atoms with E-state index in [4.69, 9.17) is 23.2 Å². The third-order valence-electron chi connectivity index (χ3n) is 6.83. The largest absolute Gasteiger partial charge is 0.322 e. The predicted molar refractivity (Wildman–Crippen MR) is 136 cm³/mol. The fourth-order valence-corrected chi connectivity index (χ4v) is 6.11. The van der Waals surface area contributed by atoms with Gasteiger partial charge in [0.05, 0.1) is 16.3 Å². The van der Waals surface area contributed by atoms with E-state index in [-0.39, 0.29) is 37.6 Å². The van der Waals surface area contributed by atoms with Crippen LogP contribution in [0.3, 0.4) is 0 Å². The molecule has 196 valence electrons. The van der Waals surface area contributed by atoms with Crippen molar-refractivity contribution in [2.24, 2.45) is 0 Å². The molecule has 0 saturated carbocycles. The Hall–Kier alpha value is -1.98. The summed E-state index contributed by atoms with van der Waals surface area (Å²) in [6.45, 7) is 2.21. The van der Waals surface area contributed by atoms with Gasteiger partial charge in [-0.25, -0.2) is 22.0 Å². The lowest BCUT2D eigenvalue weighted by Gasteiger charge is -2.35. The zero-order valence-corrected chi connectivity index (χ0v) is 22.3. The number of halogens is 4. The Kier molecular flexibility index (Phi) is 8.11. The molecular formula is C24H28Cl2F2N4O3S. The van der Waals surface area contributed by atoms with Gasteiger partial charge in [0, 0.05) is 63.8 Å². The molecule has 2 aliphatic heterocycles. The number of rotatable bonds is 5. The minimum Gasteiger partial charge on any atom is -0.322 e. The molecule has 2 aromatic carbocycles. The molecule has 12 heteroatoms. The van der Waals surface area contributed by atoms with E-state index < -0.39 is 21.7 Å². The van der Waals surface area contributed by atoms with Crippen LogP contribution in [0.15, 0.2) is 36.4 Å². The highest BCUT2D eigenvalue weighted by Gasteiger charge is 2.40. The van der Waals surface area contributed by atoms with Gasteiger partial charge >= 0.3 is 6.03 Å². The van der Waals surface area contributed by atoms with Crippen molar-refractivity contribution in [3.63, 3.8) is 0 Å². The lowest BCUT2D eigenvalue weighted by molar-refractivity contribution is 0.138. The maximum atomic E-state index is 13.8. The van der Waals surface area contributed by atoms with Crippen molar-refractivity contribution in [2.75, 3.05) is 52.6 Å². The van der Waals surface area contributed by atoms with Gasteiger partial charge in [0.1, 0.15) is 11.6 Å². The van der Waals surface area contributed by atoms with Gasteiger partial charge < -0.3 is 9.80 Å². The summed E-state index contributed by atoms with van der Waals surface area (Å²) >= 11 is 12.4. The monoisotopic (exact) mass is 560 g/mol. The fraction of sp³-hybridized carbons (Fsp3) is 0.458. The van der Waals surface area contributed by atoms with E-state index in [1.54, 1.807) is 21.9 Å². The van der Waals surface area contributed by atoms with Gasteiger partial charge in [-0.2, -0.15) is 4.31 Å². The van der Waals surface area contributed by atoms with Crippen LogP contribution >= 0.6 is 23.2 Å². The average Bonchev–Trinajstić information content (AvgIpc) is 3.25. The number of nitrogens with zero attached hydrogens (tertiary/aromatic N) is 4. The highest BCUT2D eigenvalue weighted by molar-refractivity contribution is 7.88. The van der Waals surface area contributed by atoms with Gasteiger partial charge in [-0.3, -0.25) is 4.90 Å². The second-order valence-corrected chi connectivity index (χ2v) is 12.2. The molecule has 2 amide bonds. The Labute approximate surface area is 220 Å². The van der Waals surface area contributed by atoms with Crippen LogP contribution in [0.4, 0.5) is 13.6 Å². The van der Waals surface area contributed by atoms with E-state index in [1.165, 1.54) is 16.4 Å². The van der Waals surface area contributed by atoms with Crippen LogP contribution in [0.25, 0.3) is 0 Å². The summed E-state index contributed by atoms with van der Waals surface area (Å²) in [6.07, 6.45) is 1.16. The molecule has 0 N–H and O–H groups in total. The van der Waals surface area contributed by atoms with Crippen molar-refractivity contribution in [3.05, 3.63) is 69.2 Å². The highest BCUT2D eigenvalue weighted by atomic mass is 35.5. The maximum Gasteiger partial charge on any atom is 0.320 e. The molecule has 0 spiro atoms. The topological polar surface area (TPSA) is 64.2 Å². The molecule has 2 atom stereocenters. The number of likely N-dealkylation sites (tertiary alicyclic amines) is 1. The van der Waals surface area contributed by atoms with Crippen molar-refractivity contribution in [3.8, 4) is 0 Å². The van der Waals surface area contributed by atoms with Crippen molar-refractivity contribution < 1.29 is 22.0 Å². The Balaban J connectivity index is 1.54. The third-order valence-corrected chi connectivity index (χ3v) is 8.87. The summed E-state index contributed by atoms with van der Waals surface area (Å²) in [5.41, 5.74) is 1.40. The second kappa shape index (κ2) is 10.8. The second-order valence-electron chi connectivity index (χ2n) is 9.38. The Morgan fingerprint density at radius 2 is 1.61 bits per heavy atom. The molecule has 4 rings (SSSR count). The van der Waals surface area contributed by atoms with Crippen molar-refractivity contribution in [2.45, 2.75) is 18.5 Å². The van der Waals surface area contributed by atoms with E-state index in [9.17, 15) is 22.0 Å². The number of urea groups is 1. The quantitative estimate of drug-likeness (QED) is 0.557. The van der Waals surface area contributed by atoms with Gasteiger partial charge in [-0.15, -0.1) is 0 Å². The van der Waals surface area contributed by atoms with Gasteiger partial charge in [0.25, 0.3) is 0 Å². The molecular weight excluding hydrogens is 533 g/mol. The molecule has 2 fully saturated rings. The van der Waals surface area contributed by atoms with E-state index in [2.05, 4.69) is 0 Å². The van der Waals surface area contributed by atoms with Gasteiger partial charge in [0.15, 0.2) is 0 Å². The minimum absolute atomic E-state index is 0.121. The summed E-state index contributed by atoms with van der Waals surface area (Å²) in [4.78, 5) is 18.8. The first-order valence-electron chi connectivity index (χ1n) is 11.5. The Bertz CT molecular complexity index is 1220. The number of likely N-dealkylation sites (N-methyl/N-ethyl adjacent to an activating group) is 1. The number of hydrogen-bond donors (Lipinski definition) is 0. The van der Waals surface area contributed by atoms with Gasteiger partial charge in [-0.1, -0.05) is 29.3 Å². The molecule has 7 nitrogen and oxygen atoms in total. The van der Waals surface area contributed by atoms with Crippen molar-refractivity contribution in [1.82, 2.24) is 19.0 Å². The molecule has 2 saturated heterocycles. The average molecular weight is 561 g/mol. The molecule has 36 heavy (non-hydrogen) atoms. The van der Waals surface area contributed by atoms with Crippen LogP contribution in [0.1, 0.15) is 17.0 Å². The molecule has 2 unspecified atom stereocenters. The SMILES string of the molecule is CN(Cc1cc(F)cc(F)c1)C1CN(C(=O)N2CCN(S(C)(=O)=O)CC2)CC1c1ccc(Cl)c(Cl)c1. The summed E-state index contributed by atoms with van der Waals surface area (Å²) in [7, 11) is -1.45. The summed E-state index contributed by atoms with van der Waals surface area (Å²) in [6, 6.07) is 8.49. The van der Waals surface area contributed by atoms with Gasteiger partial charge in [0.2, 0.25) is 10.0 Å². The molecule has 0 aromatic heterocycles. The summed E-state index contributed by atoms with van der Waals surface area (Å²) in [5.74, 6) is -1.41. The Morgan fingerprint density at radius 3 is 2.19 bits per heavy atom. The number of benzene rings is 2. The van der Waals surface area contributed by atoms with Crippen LogP contribution < -0.4 is 0 Å². The lowest BCUT2D eigenvalue weighted by atomic mass is 9.93. The maximum absolute atomic E-state index is 13.8. The normalized spacial score (nSPS) is 21.4. The highest BCUT2D eigenvalue weighted by Crippen LogP contribution is 2.35. The fourth-order valence-electron chi connectivity index (χ4n) is 4.98. The first-order valence-corrected chi connectivity index (χ1v) is 14.1. The van der Waals surface area contributed by atoms with E-state index >= 15 is 0 Å². The number of piperazine rings is 1. The van der Waals surface area contributed by atoms with Crippen molar-refractivity contribution >= 4 is 39.3 Å². The van der Waals surface area contributed by atoms with E-state index in [0.29, 0.717) is 41.8 Å². The molecule has 0 radical (unpaired) electrons. The zero-order valence-electron chi connectivity index (χ0n) is 20.0. The predicted octanol–water partition coefficient (Wildman–Crippen LogP) is 3.87. The molecule has 2 aromatic rings. The first kappa shape index (κ1) is 27.1. The number of carbonyl (C=O) groups is 1. The van der Waals surface area contributed by atoms with E-state index in [0.717, 1.165) is 17.9 Å². The lowest BCUT2D eigenvalue weighted by Crippen LogP contribution is -2.53. The van der Waals surface area contributed by atoms with Crippen LogP contribution in [0.2, 0.25) is 10.0 Å². The smallest absolute Gasteiger partial charge is 0.320 e. The van der Waals surface area contributed by atoms with Crippen LogP contribution in [0.5, 0.6) is 0 Å². The Morgan fingerprint density at radius 1 is 0.972 bits per heavy atom. The summed E-state index contributed by atoms with van der Waals surface area (Å²) in [5, 5.41) is 0.833. The van der Waals surface area contributed by atoms with Crippen LogP contribution in [0, 0.1) is 11.6 Å².